The molecule has 0 amide bonds. The molecule has 0 saturated carbocycles. The Morgan fingerprint density at radius 3 is 2.80 bits per heavy atom. The van der Waals surface area contributed by atoms with Crippen LogP contribution >= 0.6 is 0 Å². The lowest BCUT2D eigenvalue weighted by atomic mass is 10.2. The summed E-state index contributed by atoms with van der Waals surface area (Å²) in [4.78, 5) is 4.02. The van der Waals surface area contributed by atoms with E-state index in [0.29, 0.717) is 18.1 Å². The normalized spacial score (nSPS) is 9.60. The highest BCUT2D eigenvalue weighted by Gasteiger charge is 1.95. The Hall–Kier alpha value is -1.56. The third-order valence-electron chi connectivity index (χ3n) is 2.11. The number of pyridine rings is 1. The molecule has 0 radical (unpaired) electrons. The van der Waals surface area contributed by atoms with E-state index >= 15 is 0 Å². The number of hydrogen-bond donors (Lipinski definition) is 0. The van der Waals surface area contributed by atoms with Gasteiger partial charge in [-0.2, -0.15) is 5.26 Å². The van der Waals surface area contributed by atoms with Gasteiger partial charge in [-0.1, -0.05) is 26.2 Å². The molecule has 0 bridgehead atoms. The van der Waals surface area contributed by atoms with E-state index in [4.69, 9.17) is 10.00 Å². The van der Waals surface area contributed by atoms with Gasteiger partial charge >= 0.3 is 0 Å². The Labute approximate surface area is 90.7 Å². The van der Waals surface area contributed by atoms with E-state index < -0.39 is 0 Å². The number of unbranched alkanes of at least 4 members (excludes halogenated alkanes) is 3. The maximum Gasteiger partial charge on any atom is 0.213 e. The monoisotopic (exact) mass is 204 g/mol. The summed E-state index contributed by atoms with van der Waals surface area (Å²) in [7, 11) is 0. The Morgan fingerprint density at radius 2 is 2.20 bits per heavy atom. The van der Waals surface area contributed by atoms with Crippen molar-refractivity contribution in [3.63, 3.8) is 0 Å². The molecule has 0 aliphatic carbocycles. The topological polar surface area (TPSA) is 45.9 Å². The molecule has 1 aromatic rings. The van der Waals surface area contributed by atoms with Crippen LogP contribution in [0.1, 0.15) is 38.2 Å². The highest BCUT2D eigenvalue weighted by atomic mass is 16.5. The number of nitrogens with zero attached hydrogens (tertiary/aromatic N) is 2. The third-order valence-corrected chi connectivity index (χ3v) is 2.11. The number of rotatable bonds is 6. The van der Waals surface area contributed by atoms with Crippen molar-refractivity contribution < 1.29 is 4.74 Å². The van der Waals surface area contributed by atoms with Gasteiger partial charge < -0.3 is 4.74 Å². The van der Waals surface area contributed by atoms with Crippen LogP contribution in [0.4, 0.5) is 0 Å². The van der Waals surface area contributed by atoms with Gasteiger partial charge in [0.25, 0.3) is 0 Å². The fraction of sp³-hybridized carbons (Fsp3) is 0.500. The zero-order valence-corrected chi connectivity index (χ0v) is 9.07. The second-order valence-corrected chi connectivity index (χ2v) is 3.41. The van der Waals surface area contributed by atoms with Gasteiger partial charge in [-0.25, -0.2) is 4.98 Å². The molecule has 1 heterocycles. The Balaban J connectivity index is 2.23. The van der Waals surface area contributed by atoms with E-state index in [2.05, 4.69) is 11.9 Å². The molecule has 1 rings (SSSR count). The molecule has 0 saturated heterocycles. The average Bonchev–Trinajstić information content (AvgIpc) is 2.30. The minimum atomic E-state index is 0.563. The fourth-order valence-electron chi connectivity index (χ4n) is 1.24. The molecule has 0 unspecified atom stereocenters. The van der Waals surface area contributed by atoms with Crippen LogP contribution in [0.2, 0.25) is 0 Å². The Morgan fingerprint density at radius 1 is 1.33 bits per heavy atom. The van der Waals surface area contributed by atoms with Gasteiger partial charge in [0, 0.05) is 12.3 Å². The van der Waals surface area contributed by atoms with Crippen LogP contribution < -0.4 is 4.74 Å². The van der Waals surface area contributed by atoms with Crippen molar-refractivity contribution in [1.29, 1.82) is 5.26 Å². The minimum Gasteiger partial charge on any atom is -0.478 e. The number of ether oxygens (including phenoxy) is 1. The molecule has 0 aliphatic rings. The van der Waals surface area contributed by atoms with Crippen molar-refractivity contribution in [2.75, 3.05) is 6.61 Å². The number of aromatic nitrogens is 1. The molecule has 0 aromatic carbocycles. The van der Waals surface area contributed by atoms with E-state index in [1.807, 2.05) is 6.07 Å². The zero-order chi connectivity index (χ0) is 10.9. The first-order valence-corrected chi connectivity index (χ1v) is 5.35. The van der Waals surface area contributed by atoms with Gasteiger partial charge in [-0.05, 0) is 12.5 Å². The van der Waals surface area contributed by atoms with E-state index in [-0.39, 0.29) is 0 Å². The summed E-state index contributed by atoms with van der Waals surface area (Å²) in [6.07, 6.45) is 6.28. The second-order valence-electron chi connectivity index (χ2n) is 3.41. The largest absolute Gasteiger partial charge is 0.478 e. The van der Waals surface area contributed by atoms with Gasteiger partial charge in [0.15, 0.2) is 0 Å². The van der Waals surface area contributed by atoms with Crippen molar-refractivity contribution in [3.8, 4) is 11.9 Å². The van der Waals surface area contributed by atoms with Crippen LogP contribution in [0.3, 0.4) is 0 Å². The summed E-state index contributed by atoms with van der Waals surface area (Å²) in [5.74, 6) is 0.602. The van der Waals surface area contributed by atoms with Crippen molar-refractivity contribution in [1.82, 2.24) is 4.98 Å². The first-order valence-electron chi connectivity index (χ1n) is 5.35. The highest BCUT2D eigenvalue weighted by molar-refractivity contribution is 5.28. The van der Waals surface area contributed by atoms with Crippen molar-refractivity contribution in [2.24, 2.45) is 0 Å². The van der Waals surface area contributed by atoms with E-state index in [0.717, 1.165) is 6.42 Å². The predicted molar refractivity (Wildman–Crippen MR) is 58.6 cm³/mol. The van der Waals surface area contributed by atoms with Crippen LogP contribution in [0, 0.1) is 11.3 Å². The lowest BCUT2D eigenvalue weighted by molar-refractivity contribution is 0.294. The van der Waals surface area contributed by atoms with Crippen molar-refractivity contribution in [3.05, 3.63) is 23.9 Å². The molecule has 0 fully saturated rings. The van der Waals surface area contributed by atoms with Crippen LogP contribution in [-0.4, -0.2) is 11.6 Å². The van der Waals surface area contributed by atoms with Crippen LogP contribution in [0.25, 0.3) is 0 Å². The zero-order valence-electron chi connectivity index (χ0n) is 9.07. The maximum absolute atomic E-state index is 8.57. The molecule has 3 nitrogen and oxygen atoms in total. The maximum atomic E-state index is 8.57. The standard InChI is InChI=1S/C12H16N2O/c1-2-3-4-5-8-15-12-7-6-11(9-13)10-14-12/h6-7,10H,2-5,8H2,1H3. The van der Waals surface area contributed by atoms with E-state index in [9.17, 15) is 0 Å². The molecule has 0 spiro atoms. The SMILES string of the molecule is CCCCCCOc1ccc(C#N)cn1. The van der Waals surface area contributed by atoms with Gasteiger partial charge in [0.1, 0.15) is 6.07 Å². The predicted octanol–water partition coefficient (Wildman–Crippen LogP) is 2.91. The molecule has 80 valence electrons. The molecular formula is C12H16N2O. The summed E-state index contributed by atoms with van der Waals surface area (Å²) in [5.41, 5.74) is 0.563. The second kappa shape index (κ2) is 6.83. The van der Waals surface area contributed by atoms with Crippen LogP contribution in [0.15, 0.2) is 18.3 Å². The number of hydrogen-bond acceptors (Lipinski definition) is 3. The molecule has 0 aliphatic heterocycles. The lowest BCUT2D eigenvalue weighted by Gasteiger charge is -2.04. The van der Waals surface area contributed by atoms with Crippen LogP contribution in [0.5, 0.6) is 5.88 Å². The quantitative estimate of drug-likeness (QED) is 0.669. The highest BCUT2D eigenvalue weighted by Crippen LogP contribution is 2.08. The summed E-state index contributed by atoms with van der Waals surface area (Å²) >= 11 is 0. The van der Waals surface area contributed by atoms with E-state index in [1.54, 1.807) is 12.1 Å². The molecule has 15 heavy (non-hydrogen) atoms. The average molecular weight is 204 g/mol. The fourth-order valence-corrected chi connectivity index (χ4v) is 1.24. The minimum absolute atomic E-state index is 0.563. The third kappa shape index (κ3) is 4.46. The van der Waals surface area contributed by atoms with Crippen LogP contribution in [-0.2, 0) is 0 Å². The first-order chi connectivity index (χ1) is 7.36. The molecular weight excluding hydrogens is 188 g/mol. The van der Waals surface area contributed by atoms with Gasteiger partial charge in [-0.3, -0.25) is 0 Å². The van der Waals surface area contributed by atoms with Gasteiger partial charge in [0.05, 0.1) is 12.2 Å². The smallest absolute Gasteiger partial charge is 0.213 e. The number of nitriles is 1. The molecule has 0 N–H and O–H groups in total. The first kappa shape index (κ1) is 11.5. The van der Waals surface area contributed by atoms with Gasteiger partial charge in [-0.15, -0.1) is 0 Å². The Bertz CT molecular complexity index is 313. The van der Waals surface area contributed by atoms with Crippen molar-refractivity contribution >= 4 is 0 Å². The summed E-state index contributed by atoms with van der Waals surface area (Å²) in [5, 5.41) is 8.57. The molecule has 3 heteroatoms. The Kier molecular flexibility index (Phi) is 5.24. The summed E-state index contributed by atoms with van der Waals surface area (Å²) in [6, 6.07) is 5.47. The summed E-state index contributed by atoms with van der Waals surface area (Å²) in [6.45, 7) is 2.89. The van der Waals surface area contributed by atoms with E-state index in [1.165, 1.54) is 25.5 Å². The van der Waals surface area contributed by atoms with Crippen molar-refractivity contribution in [2.45, 2.75) is 32.6 Å². The summed E-state index contributed by atoms with van der Waals surface area (Å²) < 4.78 is 5.43. The molecule has 1 aromatic heterocycles. The molecule has 0 atom stereocenters. The van der Waals surface area contributed by atoms with Gasteiger partial charge in [0.2, 0.25) is 5.88 Å². The lowest BCUT2D eigenvalue weighted by Crippen LogP contribution is -1.98.